The molecule has 0 saturated carbocycles. The number of aromatic amines is 1. The number of halogens is 1. The van der Waals surface area contributed by atoms with Crippen LogP contribution in [-0.2, 0) is 0 Å². The molecule has 0 saturated heterocycles. The Kier molecular flexibility index (Phi) is 3.24. The van der Waals surface area contributed by atoms with Crippen LogP contribution >= 0.6 is 11.6 Å². The van der Waals surface area contributed by atoms with E-state index < -0.39 is 4.92 Å². The molecule has 4 rings (SSSR count). The van der Waals surface area contributed by atoms with Crippen molar-refractivity contribution in [3.8, 4) is 22.8 Å². The molecule has 118 valence electrons. The zero-order valence-corrected chi connectivity index (χ0v) is 12.7. The van der Waals surface area contributed by atoms with E-state index in [0.29, 0.717) is 27.8 Å². The van der Waals surface area contributed by atoms with Crippen LogP contribution < -0.4 is 0 Å². The highest BCUT2D eigenvalue weighted by Gasteiger charge is 2.15. The maximum atomic E-state index is 11.0. The van der Waals surface area contributed by atoms with Gasteiger partial charge in [0, 0.05) is 23.3 Å². The number of non-ortho nitro benzene ring substituents is 1. The minimum atomic E-state index is -0.475. The topological polar surface area (TPSA) is 111 Å². The van der Waals surface area contributed by atoms with Crippen LogP contribution in [0, 0.1) is 10.1 Å². The monoisotopic (exact) mass is 341 g/mol. The number of nitro groups is 1. The molecular weight excluding hydrogens is 334 g/mol. The standard InChI is InChI=1S/C15H8ClN5O3/c16-11-3-2-9(21(22)23)6-10(11)15-18-12-4-1-8(5-13(12)19-15)14-17-7-24-20-14/h1-7H,(H,18,19). The predicted molar refractivity (Wildman–Crippen MR) is 86.5 cm³/mol. The number of hydrogen-bond acceptors (Lipinski definition) is 6. The molecule has 0 spiro atoms. The van der Waals surface area contributed by atoms with Crippen molar-refractivity contribution < 1.29 is 9.45 Å². The number of imidazole rings is 1. The van der Waals surface area contributed by atoms with Gasteiger partial charge in [0.25, 0.3) is 5.69 Å². The van der Waals surface area contributed by atoms with Crippen molar-refractivity contribution in [1.29, 1.82) is 0 Å². The average molecular weight is 342 g/mol. The number of fused-ring (bicyclic) bond motifs is 1. The first kappa shape index (κ1) is 14.3. The summed E-state index contributed by atoms with van der Waals surface area (Å²) in [5, 5.41) is 15.1. The van der Waals surface area contributed by atoms with E-state index in [2.05, 4.69) is 20.1 Å². The van der Waals surface area contributed by atoms with Gasteiger partial charge in [0.2, 0.25) is 12.2 Å². The van der Waals surface area contributed by atoms with Crippen LogP contribution in [0.4, 0.5) is 5.69 Å². The lowest BCUT2D eigenvalue weighted by Crippen LogP contribution is -1.90. The van der Waals surface area contributed by atoms with E-state index in [1.165, 1.54) is 24.6 Å². The van der Waals surface area contributed by atoms with Gasteiger partial charge < -0.3 is 9.51 Å². The number of H-pyrrole nitrogens is 1. The molecule has 2 aromatic carbocycles. The fourth-order valence-electron chi connectivity index (χ4n) is 2.38. The maximum Gasteiger partial charge on any atom is 0.270 e. The molecule has 0 radical (unpaired) electrons. The summed E-state index contributed by atoms with van der Waals surface area (Å²) in [5.74, 6) is 0.908. The summed E-state index contributed by atoms with van der Waals surface area (Å²) in [6.45, 7) is 0. The van der Waals surface area contributed by atoms with E-state index in [0.717, 1.165) is 11.1 Å². The minimum Gasteiger partial charge on any atom is -0.342 e. The third-order valence-corrected chi connectivity index (χ3v) is 3.85. The lowest BCUT2D eigenvalue weighted by atomic mass is 10.2. The number of nitrogens with one attached hydrogen (secondary N) is 1. The van der Waals surface area contributed by atoms with Gasteiger partial charge in [-0.2, -0.15) is 4.98 Å². The Hall–Kier alpha value is -3.26. The van der Waals surface area contributed by atoms with Crippen LogP contribution in [0.25, 0.3) is 33.8 Å². The molecule has 0 aliphatic heterocycles. The molecule has 8 nitrogen and oxygen atoms in total. The zero-order valence-electron chi connectivity index (χ0n) is 11.9. The SMILES string of the molecule is O=[N+]([O-])c1ccc(Cl)c(-c2nc3ccc(-c4ncon4)cc3[nH]2)c1. The number of benzene rings is 2. The zero-order chi connectivity index (χ0) is 16.7. The molecule has 0 atom stereocenters. The number of hydrogen-bond donors (Lipinski definition) is 1. The lowest BCUT2D eigenvalue weighted by Gasteiger charge is -2.00. The van der Waals surface area contributed by atoms with E-state index in [-0.39, 0.29) is 5.69 Å². The van der Waals surface area contributed by atoms with Crippen LogP contribution in [-0.4, -0.2) is 25.0 Å². The fourth-order valence-corrected chi connectivity index (χ4v) is 2.59. The molecule has 0 fully saturated rings. The van der Waals surface area contributed by atoms with Gasteiger partial charge in [0.05, 0.1) is 21.0 Å². The maximum absolute atomic E-state index is 11.0. The van der Waals surface area contributed by atoms with Crippen molar-refractivity contribution in [3.63, 3.8) is 0 Å². The van der Waals surface area contributed by atoms with Crippen LogP contribution in [0.5, 0.6) is 0 Å². The van der Waals surface area contributed by atoms with Crippen molar-refractivity contribution in [1.82, 2.24) is 20.1 Å². The minimum absolute atomic E-state index is 0.0534. The third kappa shape index (κ3) is 2.38. The summed E-state index contributed by atoms with van der Waals surface area (Å²) >= 11 is 6.16. The molecule has 0 aliphatic carbocycles. The number of rotatable bonds is 3. The number of aromatic nitrogens is 4. The van der Waals surface area contributed by atoms with Crippen LogP contribution in [0.2, 0.25) is 5.02 Å². The summed E-state index contributed by atoms with van der Waals surface area (Å²) in [5.41, 5.74) is 2.59. The molecule has 2 aromatic heterocycles. The van der Waals surface area contributed by atoms with Gasteiger partial charge in [-0.05, 0) is 24.3 Å². The smallest absolute Gasteiger partial charge is 0.270 e. The van der Waals surface area contributed by atoms with Crippen LogP contribution in [0.1, 0.15) is 0 Å². The Morgan fingerprint density at radius 2 is 2.08 bits per heavy atom. The summed E-state index contributed by atoms with van der Waals surface area (Å²) in [6, 6.07) is 9.65. The van der Waals surface area contributed by atoms with Gasteiger partial charge in [-0.15, -0.1) is 0 Å². The van der Waals surface area contributed by atoms with Gasteiger partial charge in [-0.1, -0.05) is 16.8 Å². The van der Waals surface area contributed by atoms with Crippen LogP contribution in [0.3, 0.4) is 0 Å². The Labute approximate surface area is 139 Å². The molecule has 1 N–H and O–H groups in total. The van der Waals surface area contributed by atoms with Crippen molar-refractivity contribution in [2.24, 2.45) is 0 Å². The van der Waals surface area contributed by atoms with Gasteiger partial charge in [-0.3, -0.25) is 10.1 Å². The Morgan fingerprint density at radius 1 is 1.21 bits per heavy atom. The Balaban J connectivity index is 1.84. The van der Waals surface area contributed by atoms with Crippen molar-refractivity contribution in [3.05, 3.63) is 57.9 Å². The second-order valence-electron chi connectivity index (χ2n) is 4.99. The second kappa shape index (κ2) is 5.43. The third-order valence-electron chi connectivity index (χ3n) is 3.52. The van der Waals surface area contributed by atoms with Crippen molar-refractivity contribution in [2.75, 3.05) is 0 Å². The Morgan fingerprint density at radius 3 is 2.83 bits per heavy atom. The van der Waals surface area contributed by atoms with E-state index in [4.69, 9.17) is 16.1 Å². The quantitative estimate of drug-likeness (QED) is 0.447. The number of nitrogens with zero attached hydrogens (tertiary/aromatic N) is 4. The number of nitro benzene ring substituents is 1. The Bertz CT molecular complexity index is 1060. The molecule has 0 aliphatic rings. The van der Waals surface area contributed by atoms with E-state index in [9.17, 15) is 10.1 Å². The van der Waals surface area contributed by atoms with E-state index >= 15 is 0 Å². The molecule has 4 aromatic rings. The van der Waals surface area contributed by atoms with Crippen molar-refractivity contribution >= 4 is 28.3 Å². The molecule has 0 unspecified atom stereocenters. The molecular formula is C15H8ClN5O3. The van der Waals surface area contributed by atoms with Crippen molar-refractivity contribution in [2.45, 2.75) is 0 Å². The second-order valence-corrected chi connectivity index (χ2v) is 5.40. The highest BCUT2D eigenvalue weighted by Crippen LogP contribution is 2.31. The first-order chi connectivity index (χ1) is 11.6. The fraction of sp³-hybridized carbons (Fsp3) is 0. The van der Waals surface area contributed by atoms with E-state index in [1.54, 1.807) is 6.07 Å². The van der Waals surface area contributed by atoms with Gasteiger partial charge in [0.15, 0.2) is 0 Å². The summed E-state index contributed by atoms with van der Waals surface area (Å²) in [7, 11) is 0. The van der Waals surface area contributed by atoms with Crippen LogP contribution in [0.15, 0.2) is 47.3 Å². The first-order valence-electron chi connectivity index (χ1n) is 6.82. The summed E-state index contributed by atoms with van der Waals surface area (Å²) in [6.07, 6.45) is 1.25. The van der Waals surface area contributed by atoms with Gasteiger partial charge >= 0.3 is 0 Å². The van der Waals surface area contributed by atoms with Gasteiger partial charge in [-0.25, -0.2) is 4.98 Å². The lowest BCUT2D eigenvalue weighted by molar-refractivity contribution is -0.384. The predicted octanol–water partition coefficient (Wildman–Crippen LogP) is 3.84. The highest BCUT2D eigenvalue weighted by atomic mass is 35.5. The highest BCUT2D eigenvalue weighted by molar-refractivity contribution is 6.33. The molecule has 9 heteroatoms. The summed E-state index contributed by atoms with van der Waals surface area (Å²) in [4.78, 5) is 22.0. The normalized spacial score (nSPS) is 11.0. The molecule has 0 bridgehead atoms. The molecule has 24 heavy (non-hydrogen) atoms. The van der Waals surface area contributed by atoms with E-state index in [1.807, 2.05) is 12.1 Å². The largest absolute Gasteiger partial charge is 0.342 e. The van der Waals surface area contributed by atoms with Gasteiger partial charge in [0.1, 0.15) is 5.82 Å². The molecule has 0 amide bonds. The average Bonchev–Trinajstić information content (AvgIpc) is 3.23. The molecule has 2 heterocycles. The summed E-state index contributed by atoms with van der Waals surface area (Å²) < 4.78 is 4.74. The first-order valence-corrected chi connectivity index (χ1v) is 7.20.